The highest BCUT2D eigenvalue weighted by atomic mass is 79.9. The van der Waals surface area contributed by atoms with Gasteiger partial charge in [-0.3, -0.25) is 10.1 Å². The van der Waals surface area contributed by atoms with Gasteiger partial charge in [-0.1, -0.05) is 27.3 Å². The van der Waals surface area contributed by atoms with Crippen molar-refractivity contribution in [1.82, 2.24) is 4.98 Å². The third-order valence-corrected chi connectivity index (χ3v) is 5.80. The first-order valence-corrected chi connectivity index (χ1v) is 10.1. The van der Waals surface area contributed by atoms with Gasteiger partial charge in [-0.25, -0.2) is 4.98 Å². The van der Waals surface area contributed by atoms with E-state index >= 15 is 0 Å². The van der Waals surface area contributed by atoms with E-state index in [1.165, 1.54) is 11.3 Å². The number of rotatable bonds is 4. The van der Waals surface area contributed by atoms with Gasteiger partial charge in [0.05, 0.1) is 36.1 Å². The first-order chi connectivity index (χ1) is 13.1. The van der Waals surface area contributed by atoms with Gasteiger partial charge in [0.15, 0.2) is 5.13 Å². The van der Waals surface area contributed by atoms with Gasteiger partial charge in [-0.2, -0.15) is 0 Å². The fourth-order valence-corrected chi connectivity index (χ4v) is 4.26. The Morgan fingerprint density at radius 1 is 1.26 bits per heavy atom. The highest BCUT2D eigenvalue weighted by molar-refractivity contribution is 9.10. The van der Waals surface area contributed by atoms with Crippen molar-refractivity contribution in [3.05, 3.63) is 46.4 Å². The van der Waals surface area contributed by atoms with Gasteiger partial charge in [0.1, 0.15) is 5.75 Å². The number of halogens is 1. The second-order valence-corrected chi connectivity index (χ2v) is 8.02. The number of fused-ring (bicyclic) bond motifs is 1. The van der Waals surface area contributed by atoms with E-state index in [1.54, 1.807) is 19.2 Å². The maximum absolute atomic E-state index is 12.7. The summed E-state index contributed by atoms with van der Waals surface area (Å²) in [5.41, 5.74) is 2.48. The third-order valence-electron chi connectivity index (χ3n) is 4.37. The molecule has 0 saturated carbocycles. The predicted octanol–water partition coefficient (Wildman–Crippen LogP) is 4.16. The molecule has 1 amide bonds. The SMILES string of the molecule is COc1ccc(Br)cc1C(=O)Nc1nc2ccc(N3CCOCC3)cc2s1. The van der Waals surface area contributed by atoms with Crippen LogP contribution in [0.4, 0.5) is 10.8 Å². The Morgan fingerprint density at radius 3 is 2.85 bits per heavy atom. The number of ether oxygens (including phenoxy) is 2. The quantitative estimate of drug-likeness (QED) is 0.650. The molecule has 1 fully saturated rings. The van der Waals surface area contributed by atoms with E-state index in [-0.39, 0.29) is 5.91 Å². The summed E-state index contributed by atoms with van der Waals surface area (Å²) in [7, 11) is 1.55. The Labute approximate surface area is 169 Å². The number of hydrogen-bond acceptors (Lipinski definition) is 6. The molecular formula is C19H18BrN3O3S. The molecule has 3 aromatic rings. The summed E-state index contributed by atoms with van der Waals surface area (Å²) in [6, 6.07) is 11.5. The van der Waals surface area contributed by atoms with Crippen molar-refractivity contribution in [3.8, 4) is 5.75 Å². The average molecular weight is 448 g/mol. The van der Waals surface area contributed by atoms with Crippen LogP contribution in [0.25, 0.3) is 10.2 Å². The van der Waals surface area contributed by atoms with Crippen LogP contribution in [-0.4, -0.2) is 44.3 Å². The molecule has 140 valence electrons. The predicted molar refractivity (Wildman–Crippen MR) is 111 cm³/mol. The molecule has 1 saturated heterocycles. The van der Waals surface area contributed by atoms with Crippen LogP contribution in [-0.2, 0) is 4.74 Å². The van der Waals surface area contributed by atoms with Crippen LogP contribution in [0, 0.1) is 0 Å². The highest BCUT2D eigenvalue weighted by Gasteiger charge is 2.16. The summed E-state index contributed by atoms with van der Waals surface area (Å²) in [6.07, 6.45) is 0. The van der Waals surface area contributed by atoms with E-state index in [9.17, 15) is 4.79 Å². The lowest BCUT2D eigenvalue weighted by Gasteiger charge is -2.28. The van der Waals surface area contributed by atoms with Gasteiger partial charge in [0.2, 0.25) is 0 Å². The summed E-state index contributed by atoms with van der Waals surface area (Å²) in [5, 5.41) is 3.45. The number of nitrogens with zero attached hydrogens (tertiary/aromatic N) is 2. The van der Waals surface area contributed by atoms with E-state index in [0.717, 1.165) is 46.7 Å². The molecule has 0 atom stereocenters. The zero-order valence-corrected chi connectivity index (χ0v) is 17.1. The van der Waals surface area contributed by atoms with Gasteiger partial charge in [0, 0.05) is 23.2 Å². The normalized spacial score (nSPS) is 14.4. The van der Waals surface area contributed by atoms with Crippen LogP contribution in [0.2, 0.25) is 0 Å². The highest BCUT2D eigenvalue weighted by Crippen LogP contribution is 2.31. The topological polar surface area (TPSA) is 63.7 Å². The maximum atomic E-state index is 12.7. The van der Waals surface area contributed by atoms with Crippen LogP contribution in [0.3, 0.4) is 0 Å². The largest absolute Gasteiger partial charge is 0.496 e. The molecule has 2 aromatic carbocycles. The van der Waals surface area contributed by atoms with E-state index in [2.05, 4.69) is 43.3 Å². The van der Waals surface area contributed by atoms with Gasteiger partial charge in [0.25, 0.3) is 5.91 Å². The molecule has 1 aliphatic heterocycles. The van der Waals surface area contributed by atoms with Crippen molar-refractivity contribution in [2.45, 2.75) is 0 Å². The molecule has 0 bridgehead atoms. The number of hydrogen-bond donors (Lipinski definition) is 1. The van der Waals surface area contributed by atoms with Crippen LogP contribution in [0.1, 0.15) is 10.4 Å². The van der Waals surface area contributed by atoms with Crippen molar-refractivity contribution >= 4 is 54.2 Å². The fourth-order valence-electron chi connectivity index (χ4n) is 3.01. The lowest BCUT2D eigenvalue weighted by molar-refractivity contribution is 0.102. The number of benzene rings is 2. The average Bonchev–Trinajstić information content (AvgIpc) is 3.10. The summed E-state index contributed by atoms with van der Waals surface area (Å²) < 4.78 is 12.6. The Morgan fingerprint density at radius 2 is 2.07 bits per heavy atom. The van der Waals surface area contributed by atoms with Gasteiger partial charge in [-0.15, -0.1) is 0 Å². The van der Waals surface area contributed by atoms with Gasteiger partial charge < -0.3 is 14.4 Å². The molecule has 2 heterocycles. The van der Waals surface area contributed by atoms with Crippen molar-refractivity contribution in [2.24, 2.45) is 0 Å². The van der Waals surface area contributed by atoms with Gasteiger partial charge in [-0.05, 0) is 36.4 Å². The standard InChI is InChI=1S/C19H18BrN3O3S/c1-25-16-5-2-12(20)10-14(16)18(24)22-19-21-15-4-3-13(11-17(15)27-19)23-6-8-26-9-7-23/h2-5,10-11H,6-9H2,1H3,(H,21,22,24). The van der Waals surface area contributed by atoms with Crippen molar-refractivity contribution < 1.29 is 14.3 Å². The third kappa shape index (κ3) is 3.92. The molecule has 0 radical (unpaired) electrons. The monoisotopic (exact) mass is 447 g/mol. The molecule has 1 N–H and O–H groups in total. The van der Waals surface area contributed by atoms with Gasteiger partial charge >= 0.3 is 0 Å². The molecule has 0 spiro atoms. The smallest absolute Gasteiger partial charge is 0.261 e. The van der Waals surface area contributed by atoms with Crippen LogP contribution in [0.15, 0.2) is 40.9 Å². The molecule has 0 unspecified atom stereocenters. The second-order valence-electron chi connectivity index (χ2n) is 6.07. The van der Waals surface area contributed by atoms with Crippen LogP contribution < -0.4 is 15.0 Å². The molecule has 0 aliphatic carbocycles. The zero-order valence-electron chi connectivity index (χ0n) is 14.7. The minimum absolute atomic E-state index is 0.249. The molecule has 4 rings (SSSR count). The summed E-state index contributed by atoms with van der Waals surface area (Å²) in [5.74, 6) is 0.270. The lowest BCUT2D eigenvalue weighted by atomic mass is 10.2. The molecule has 6 nitrogen and oxygen atoms in total. The number of anilines is 2. The zero-order chi connectivity index (χ0) is 18.8. The number of aromatic nitrogens is 1. The van der Waals surface area contributed by atoms with E-state index < -0.39 is 0 Å². The maximum Gasteiger partial charge on any atom is 0.261 e. The van der Waals surface area contributed by atoms with Crippen molar-refractivity contribution in [1.29, 1.82) is 0 Å². The molecular weight excluding hydrogens is 430 g/mol. The number of nitrogens with one attached hydrogen (secondary N) is 1. The lowest BCUT2D eigenvalue weighted by Crippen LogP contribution is -2.36. The minimum atomic E-state index is -0.249. The Balaban J connectivity index is 1.57. The second kappa shape index (κ2) is 7.84. The molecule has 8 heteroatoms. The Hall–Kier alpha value is -2.16. The van der Waals surface area contributed by atoms with Crippen molar-refractivity contribution in [3.63, 3.8) is 0 Å². The first kappa shape index (κ1) is 18.2. The first-order valence-electron chi connectivity index (χ1n) is 8.52. The van der Waals surface area contributed by atoms with Crippen LogP contribution >= 0.6 is 27.3 Å². The van der Waals surface area contributed by atoms with E-state index in [4.69, 9.17) is 9.47 Å². The Bertz CT molecular complexity index is 985. The number of carbonyl (C=O) groups is 1. The number of thiazole rings is 1. The van der Waals surface area contributed by atoms with E-state index in [1.807, 2.05) is 12.1 Å². The summed E-state index contributed by atoms with van der Waals surface area (Å²) >= 11 is 4.85. The Kier molecular flexibility index (Phi) is 5.29. The number of methoxy groups -OCH3 is 1. The van der Waals surface area contributed by atoms with Crippen LogP contribution in [0.5, 0.6) is 5.75 Å². The summed E-state index contributed by atoms with van der Waals surface area (Å²) in [6.45, 7) is 3.26. The van der Waals surface area contributed by atoms with Crippen molar-refractivity contribution in [2.75, 3.05) is 43.6 Å². The summed E-state index contributed by atoms with van der Waals surface area (Å²) in [4.78, 5) is 19.5. The fraction of sp³-hybridized carbons (Fsp3) is 0.263. The molecule has 27 heavy (non-hydrogen) atoms. The molecule has 1 aromatic heterocycles. The van der Waals surface area contributed by atoms with E-state index in [0.29, 0.717) is 16.4 Å². The minimum Gasteiger partial charge on any atom is -0.496 e. The molecule has 1 aliphatic rings. The number of morpholine rings is 1. The number of carbonyl (C=O) groups excluding carboxylic acids is 1. The number of amides is 1.